The first-order valence-electron chi connectivity index (χ1n) is 10.3. The summed E-state index contributed by atoms with van der Waals surface area (Å²) in [6.07, 6.45) is 0. The molecule has 0 bridgehead atoms. The summed E-state index contributed by atoms with van der Waals surface area (Å²) in [4.78, 5) is 20.5. The Hall–Kier alpha value is -3.19. The predicted molar refractivity (Wildman–Crippen MR) is 121 cm³/mol. The molecule has 0 saturated carbocycles. The maximum Gasteiger partial charge on any atom is 0.277 e. The molecule has 2 aromatic heterocycles. The molecular formula is C23H23ClN6O. The summed E-state index contributed by atoms with van der Waals surface area (Å²) < 4.78 is 3.76. The van der Waals surface area contributed by atoms with Crippen LogP contribution in [0.2, 0.25) is 5.02 Å². The first-order chi connectivity index (χ1) is 14.8. The summed E-state index contributed by atoms with van der Waals surface area (Å²) in [5.41, 5.74) is 5.87. The van der Waals surface area contributed by atoms with Crippen LogP contribution in [0.25, 0.3) is 11.0 Å². The lowest BCUT2D eigenvalue weighted by atomic mass is 10.0. The molecule has 31 heavy (non-hydrogen) atoms. The van der Waals surface area contributed by atoms with Gasteiger partial charge in [0, 0.05) is 23.8 Å². The fourth-order valence-corrected chi connectivity index (χ4v) is 4.72. The van der Waals surface area contributed by atoms with Crippen LogP contribution in [0.3, 0.4) is 0 Å². The van der Waals surface area contributed by atoms with Crippen molar-refractivity contribution >= 4 is 34.2 Å². The van der Waals surface area contributed by atoms with Gasteiger partial charge in [-0.25, -0.2) is 9.67 Å². The van der Waals surface area contributed by atoms with Crippen LogP contribution in [0.5, 0.6) is 0 Å². The quantitative estimate of drug-likeness (QED) is 0.466. The Labute approximate surface area is 185 Å². The van der Waals surface area contributed by atoms with E-state index in [9.17, 15) is 4.79 Å². The van der Waals surface area contributed by atoms with Crippen molar-refractivity contribution in [3.05, 3.63) is 69.8 Å². The summed E-state index contributed by atoms with van der Waals surface area (Å²) in [7, 11) is 1.85. The molecule has 0 spiro atoms. The van der Waals surface area contributed by atoms with E-state index in [1.165, 1.54) is 0 Å². The average molecular weight is 435 g/mol. The molecule has 5 rings (SSSR count). The van der Waals surface area contributed by atoms with E-state index >= 15 is 0 Å². The van der Waals surface area contributed by atoms with E-state index in [1.54, 1.807) is 4.68 Å². The van der Waals surface area contributed by atoms with Gasteiger partial charge in [0.1, 0.15) is 23.1 Å². The molecule has 7 nitrogen and oxygen atoms in total. The van der Waals surface area contributed by atoms with Crippen molar-refractivity contribution in [2.24, 2.45) is 7.05 Å². The molecule has 1 aliphatic heterocycles. The highest BCUT2D eigenvalue weighted by atomic mass is 35.5. The van der Waals surface area contributed by atoms with Gasteiger partial charge in [-0.05, 0) is 63.1 Å². The van der Waals surface area contributed by atoms with Crippen molar-refractivity contribution in [3.63, 3.8) is 0 Å². The number of carbonyl (C=O) groups is 1. The molecule has 0 unspecified atom stereocenters. The number of anilines is 1. The minimum absolute atomic E-state index is 0.0573. The van der Waals surface area contributed by atoms with Crippen LogP contribution in [0.1, 0.15) is 59.1 Å². The standard InChI is InChI=1S/C23H23ClN6O/c1-12(2)29-14(4)25-20-21(15-6-8-16(24)9-7-15)30(23(31)22(20)29)17-10-13(3)19-18(11-17)28(5)27-26-19/h6-12,21H,1-5H3/t21-/m1/s1. The number of aromatic nitrogens is 5. The summed E-state index contributed by atoms with van der Waals surface area (Å²) in [6, 6.07) is 11.4. The lowest BCUT2D eigenvalue weighted by Crippen LogP contribution is -2.30. The first-order valence-corrected chi connectivity index (χ1v) is 10.6. The van der Waals surface area contributed by atoms with Gasteiger partial charge in [-0.3, -0.25) is 9.69 Å². The molecule has 4 aromatic rings. The Morgan fingerprint density at radius 2 is 1.81 bits per heavy atom. The molecule has 1 atom stereocenters. The molecule has 1 aliphatic rings. The van der Waals surface area contributed by atoms with Gasteiger partial charge < -0.3 is 4.57 Å². The highest BCUT2D eigenvalue weighted by molar-refractivity contribution is 6.30. The molecule has 2 aromatic carbocycles. The number of carbonyl (C=O) groups excluding carboxylic acids is 1. The van der Waals surface area contributed by atoms with Gasteiger partial charge in [0.2, 0.25) is 0 Å². The maximum absolute atomic E-state index is 13.9. The van der Waals surface area contributed by atoms with Crippen molar-refractivity contribution in [1.29, 1.82) is 0 Å². The largest absolute Gasteiger partial charge is 0.321 e. The first kappa shape index (κ1) is 19.8. The molecule has 0 N–H and O–H groups in total. The van der Waals surface area contributed by atoms with Crippen LogP contribution in [-0.4, -0.2) is 30.5 Å². The minimum atomic E-state index is -0.337. The van der Waals surface area contributed by atoms with Crippen LogP contribution in [-0.2, 0) is 7.05 Å². The van der Waals surface area contributed by atoms with Crippen LogP contribution in [0, 0.1) is 13.8 Å². The number of imidazole rings is 1. The number of rotatable bonds is 3. The van der Waals surface area contributed by atoms with Gasteiger partial charge in [0.15, 0.2) is 0 Å². The summed E-state index contributed by atoms with van der Waals surface area (Å²) in [6.45, 7) is 8.08. The highest BCUT2D eigenvalue weighted by Crippen LogP contribution is 2.43. The normalized spacial score (nSPS) is 16.0. The maximum atomic E-state index is 13.9. The van der Waals surface area contributed by atoms with Gasteiger partial charge in [-0.1, -0.05) is 28.9 Å². The second-order valence-corrected chi connectivity index (χ2v) is 8.77. The smallest absolute Gasteiger partial charge is 0.277 e. The Morgan fingerprint density at radius 3 is 2.48 bits per heavy atom. The predicted octanol–water partition coefficient (Wildman–Crippen LogP) is 4.77. The molecule has 3 heterocycles. The van der Waals surface area contributed by atoms with Crippen LogP contribution < -0.4 is 4.90 Å². The monoisotopic (exact) mass is 434 g/mol. The van der Waals surface area contributed by atoms with E-state index < -0.39 is 0 Å². The molecule has 158 valence electrons. The third kappa shape index (κ3) is 2.87. The number of hydrogen-bond acceptors (Lipinski definition) is 4. The zero-order valence-electron chi connectivity index (χ0n) is 18.1. The molecule has 1 amide bonds. The number of benzene rings is 2. The molecule has 0 fully saturated rings. The lowest BCUT2D eigenvalue weighted by molar-refractivity contribution is 0.0983. The molecule has 8 heteroatoms. The zero-order valence-corrected chi connectivity index (χ0v) is 18.8. The van der Waals surface area contributed by atoms with E-state index in [2.05, 4.69) is 24.2 Å². The number of nitrogens with zero attached hydrogens (tertiary/aromatic N) is 6. The second kappa shape index (κ2) is 6.92. The van der Waals surface area contributed by atoms with E-state index in [0.717, 1.165) is 39.4 Å². The topological polar surface area (TPSA) is 68.8 Å². The van der Waals surface area contributed by atoms with Crippen LogP contribution >= 0.6 is 11.6 Å². The van der Waals surface area contributed by atoms with Crippen molar-refractivity contribution in [2.45, 2.75) is 39.8 Å². The number of halogens is 1. The van der Waals surface area contributed by atoms with Crippen molar-refractivity contribution in [3.8, 4) is 0 Å². The molecule has 0 radical (unpaired) electrons. The summed E-state index contributed by atoms with van der Waals surface area (Å²) >= 11 is 6.15. The van der Waals surface area contributed by atoms with Gasteiger partial charge in [0.05, 0.1) is 11.2 Å². The van der Waals surface area contributed by atoms with Gasteiger partial charge in [-0.2, -0.15) is 0 Å². The summed E-state index contributed by atoms with van der Waals surface area (Å²) in [5, 5.41) is 9.04. The Morgan fingerprint density at radius 1 is 1.10 bits per heavy atom. The molecule has 0 aliphatic carbocycles. The van der Waals surface area contributed by atoms with E-state index in [0.29, 0.717) is 10.7 Å². The van der Waals surface area contributed by atoms with Crippen molar-refractivity contribution in [2.75, 3.05) is 4.90 Å². The third-order valence-electron chi connectivity index (χ3n) is 5.93. The minimum Gasteiger partial charge on any atom is -0.321 e. The number of aryl methyl sites for hydroxylation is 3. The number of fused-ring (bicyclic) bond motifs is 2. The van der Waals surface area contributed by atoms with Crippen LogP contribution in [0.4, 0.5) is 5.69 Å². The number of hydrogen-bond donors (Lipinski definition) is 0. The van der Waals surface area contributed by atoms with Gasteiger partial charge >= 0.3 is 0 Å². The number of amides is 1. The fraction of sp³-hybridized carbons (Fsp3) is 0.304. The van der Waals surface area contributed by atoms with Crippen LogP contribution in [0.15, 0.2) is 36.4 Å². The second-order valence-electron chi connectivity index (χ2n) is 8.33. The Balaban J connectivity index is 1.76. The van der Waals surface area contributed by atoms with E-state index in [-0.39, 0.29) is 18.0 Å². The SMILES string of the molecule is Cc1cc(N2C(=O)c3c(nc(C)n3C(C)C)[C@H]2c2ccc(Cl)cc2)cc2c1nnn2C. The Kier molecular flexibility index (Phi) is 4.41. The lowest BCUT2D eigenvalue weighted by Gasteiger charge is -2.26. The van der Waals surface area contributed by atoms with Crippen molar-refractivity contribution < 1.29 is 4.79 Å². The fourth-order valence-electron chi connectivity index (χ4n) is 4.59. The third-order valence-corrected chi connectivity index (χ3v) is 6.18. The molecule has 0 saturated heterocycles. The van der Waals surface area contributed by atoms with E-state index in [4.69, 9.17) is 16.6 Å². The van der Waals surface area contributed by atoms with E-state index in [1.807, 2.05) is 66.8 Å². The Bertz CT molecular complexity index is 1330. The zero-order chi connectivity index (χ0) is 22.0. The van der Waals surface area contributed by atoms with Gasteiger partial charge in [-0.15, -0.1) is 5.10 Å². The summed E-state index contributed by atoms with van der Waals surface area (Å²) in [5.74, 6) is 0.785. The van der Waals surface area contributed by atoms with Gasteiger partial charge in [0.25, 0.3) is 5.91 Å². The molecular weight excluding hydrogens is 412 g/mol. The van der Waals surface area contributed by atoms with Crippen molar-refractivity contribution in [1.82, 2.24) is 24.5 Å². The average Bonchev–Trinajstić information content (AvgIpc) is 3.34. The highest BCUT2D eigenvalue weighted by Gasteiger charge is 2.44.